The largest absolute Gasteiger partial charge is 0.403 e. The van der Waals surface area contributed by atoms with Crippen molar-refractivity contribution in [2.75, 3.05) is 13.2 Å². The van der Waals surface area contributed by atoms with Gasteiger partial charge in [-0.1, -0.05) is 23.7 Å². The monoisotopic (exact) mass is 414 g/mol. The van der Waals surface area contributed by atoms with Gasteiger partial charge in [-0.25, -0.2) is 0 Å². The molecule has 0 saturated carbocycles. The minimum Gasteiger partial charge on any atom is -0.402 e. The van der Waals surface area contributed by atoms with Gasteiger partial charge in [0.25, 0.3) is 0 Å². The first-order chi connectivity index (χ1) is 11.3. The fourth-order valence-corrected chi connectivity index (χ4v) is 5.93. The average Bonchev–Trinajstić information content (AvgIpc) is 2.46. The first-order valence-electron chi connectivity index (χ1n) is 8.06. The smallest absolute Gasteiger partial charge is 0.402 e. The molecule has 0 amide bonds. The fourth-order valence-electron chi connectivity index (χ4n) is 2.47. The van der Waals surface area contributed by atoms with Gasteiger partial charge in [-0.05, 0) is 58.1 Å². The maximum absolute atomic E-state index is 15.6. The number of benzene rings is 1. The molecule has 25 heavy (non-hydrogen) atoms. The summed E-state index contributed by atoms with van der Waals surface area (Å²) in [4.78, 5) is 0. The predicted molar refractivity (Wildman–Crippen MR) is 99.0 cm³/mol. The molecular formula is C16H26ClF2O4PSi. The molecule has 0 aliphatic heterocycles. The van der Waals surface area contributed by atoms with Crippen molar-refractivity contribution < 1.29 is 26.8 Å². The van der Waals surface area contributed by atoms with Crippen molar-refractivity contribution in [2.45, 2.75) is 51.7 Å². The van der Waals surface area contributed by atoms with E-state index < -0.39 is 27.2 Å². The van der Waals surface area contributed by atoms with Crippen LogP contribution in [0.2, 0.25) is 24.7 Å². The Hall–Kier alpha value is -0.303. The summed E-state index contributed by atoms with van der Waals surface area (Å²) in [5, 5.41) is 0.403. The van der Waals surface area contributed by atoms with Gasteiger partial charge in [0.15, 0.2) is 13.9 Å². The van der Waals surface area contributed by atoms with E-state index in [1.165, 1.54) is 45.0 Å². The molecule has 1 aromatic rings. The third-order valence-corrected chi connectivity index (χ3v) is 7.00. The zero-order chi connectivity index (χ0) is 19.5. The third-order valence-electron chi connectivity index (χ3n) is 3.42. The highest BCUT2D eigenvalue weighted by molar-refractivity contribution is 7.55. The number of halogens is 3. The van der Waals surface area contributed by atoms with E-state index in [1.807, 2.05) is 0 Å². The zero-order valence-electron chi connectivity index (χ0n) is 15.4. The predicted octanol–water partition coefficient (Wildman–Crippen LogP) is 6.27. The first-order valence-corrected chi connectivity index (χ1v) is 13.4. The molecule has 0 radical (unpaired) electrons. The van der Waals surface area contributed by atoms with Crippen molar-refractivity contribution in [3.63, 3.8) is 0 Å². The fraction of sp³-hybridized carbons (Fsp3) is 0.625. The Morgan fingerprint density at radius 2 is 1.52 bits per heavy atom. The molecule has 0 fully saturated rings. The summed E-state index contributed by atoms with van der Waals surface area (Å²) in [6.07, 6.45) is 0. The summed E-state index contributed by atoms with van der Waals surface area (Å²) < 4.78 is 59.8. The van der Waals surface area contributed by atoms with Gasteiger partial charge >= 0.3 is 13.3 Å². The molecule has 0 aliphatic carbocycles. The van der Waals surface area contributed by atoms with Crippen LogP contribution in [0.1, 0.15) is 26.3 Å². The van der Waals surface area contributed by atoms with Gasteiger partial charge in [-0.3, -0.25) is 4.57 Å². The summed E-state index contributed by atoms with van der Waals surface area (Å²) in [5.74, 6) is 0. The Labute approximate surface area is 154 Å². The molecule has 144 valence electrons. The lowest BCUT2D eigenvalue weighted by Gasteiger charge is -2.43. The van der Waals surface area contributed by atoms with E-state index in [2.05, 4.69) is 0 Å². The van der Waals surface area contributed by atoms with Crippen LogP contribution < -0.4 is 0 Å². The van der Waals surface area contributed by atoms with Crippen LogP contribution in [0.4, 0.5) is 8.78 Å². The van der Waals surface area contributed by atoms with Gasteiger partial charge in [0.2, 0.25) is 0 Å². The van der Waals surface area contributed by atoms with Gasteiger partial charge in [-0.2, -0.15) is 8.78 Å². The Kier molecular flexibility index (Phi) is 7.41. The third kappa shape index (κ3) is 4.90. The summed E-state index contributed by atoms with van der Waals surface area (Å²) >= 11 is 5.87. The number of hydrogen-bond donors (Lipinski definition) is 0. The van der Waals surface area contributed by atoms with Crippen LogP contribution in [0.15, 0.2) is 24.3 Å². The normalized spacial score (nSPS) is 15.9. The standard InChI is InChI=1S/C16H26ClF2O4PSi/c1-7-21-24(20,22-8-2)16(18,19)15(3,23-25(4,5)6)13-9-11-14(17)12-10-13/h9-12H,7-8H2,1-6H3. The first kappa shape index (κ1) is 22.7. The maximum atomic E-state index is 15.6. The zero-order valence-corrected chi connectivity index (χ0v) is 18.1. The topological polar surface area (TPSA) is 44.8 Å². The van der Waals surface area contributed by atoms with Crippen molar-refractivity contribution in [2.24, 2.45) is 0 Å². The Balaban J connectivity index is 3.58. The van der Waals surface area contributed by atoms with Crippen LogP contribution in [-0.4, -0.2) is 27.2 Å². The average molecular weight is 415 g/mol. The van der Waals surface area contributed by atoms with Crippen molar-refractivity contribution in [1.29, 1.82) is 0 Å². The molecule has 0 aromatic heterocycles. The number of rotatable bonds is 9. The van der Waals surface area contributed by atoms with Crippen molar-refractivity contribution in [3.05, 3.63) is 34.9 Å². The summed E-state index contributed by atoms with van der Waals surface area (Å²) in [6.45, 7) is 9.20. The van der Waals surface area contributed by atoms with Crippen molar-refractivity contribution in [3.8, 4) is 0 Å². The molecular weight excluding hydrogens is 389 g/mol. The van der Waals surface area contributed by atoms with E-state index in [0.717, 1.165) is 0 Å². The molecule has 4 nitrogen and oxygen atoms in total. The second-order valence-corrected chi connectivity index (χ2v) is 13.6. The van der Waals surface area contributed by atoms with Crippen LogP contribution in [0.3, 0.4) is 0 Å². The lowest BCUT2D eigenvalue weighted by Crippen LogP contribution is -2.51. The Morgan fingerprint density at radius 3 is 1.88 bits per heavy atom. The molecule has 0 spiro atoms. The van der Waals surface area contributed by atoms with Crippen molar-refractivity contribution >= 4 is 27.5 Å². The molecule has 1 unspecified atom stereocenters. The highest BCUT2D eigenvalue weighted by atomic mass is 35.5. The molecule has 1 rings (SSSR count). The quantitative estimate of drug-likeness (QED) is 0.353. The Bertz CT molecular complexity index is 612. The van der Waals surface area contributed by atoms with E-state index in [0.29, 0.717) is 5.02 Å². The molecule has 9 heteroatoms. The maximum Gasteiger partial charge on any atom is 0.403 e. The molecule has 1 aromatic carbocycles. The highest BCUT2D eigenvalue weighted by Crippen LogP contribution is 2.68. The van der Waals surface area contributed by atoms with Crippen LogP contribution in [0.25, 0.3) is 0 Å². The highest BCUT2D eigenvalue weighted by Gasteiger charge is 2.67. The molecule has 0 bridgehead atoms. The summed E-state index contributed by atoms with van der Waals surface area (Å²) in [6, 6.07) is 5.87. The van der Waals surface area contributed by atoms with Crippen LogP contribution in [-0.2, 0) is 23.6 Å². The molecule has 0 N–H and O–H groups in total. The minimum atomic E-state index is -4.78. The van der Waals surface area contributed by atoms with Gasteiger partial charge in [0, 0.05) is 5.02 Å². The minimum absolute atomic E-state index is 0.156. The van der Waals surface area contributed by atoms with Gasteiger partial charge < -0.3 is 13.5 Å². The Morgan fingerprint density at radius 1 is 1.08 bits per heavy atom. The van der Waals surface area contributed by atoms with Crippen LogP contribution in [0, 0.1) is 0 Å². The lowest BCUT2D eigenvalue weighted by atomic mass is 9.96. The lowest BCUT2D eigenvalue weighted by molar-refractivity contribution is -0.125. The van der Waals surface area contributed by atoms with Gasteiger partial charge in [0.05, 0.1) is 13.2 Å². The molecule has 0 aliphatic rings. The molecule has 1 atom stereocenters. The van der Waals surface area contributed by atoms with E-state index >= 15 is 8.78 Å². The van der Waals surface area contributed by atoms with Gasteiger partial charge in [-0.15, -0.1) is 0 Å². The van der Waals surface area contributed by atoms with E-state index in [1.54, 1.807) is 19.6 Å². The second kappa shape index (κ2) is 8.15. The van der Waals surface area contributed by atoms with E-state index in [9.17, 15) is 4.57 Å². The van der Waals surface area contributed by atoms with E-state index in [-0.39, 0.29) is 18.8 Å². The SMILES string of the molecule is CCOP(=O)(OCC)C(F)(F)C(C)(O[Si](C)(C)C)c1ccc(Cl)cc1. The van der Waals surface area contributed by atoms with Gasteiger partial charge in [0.1, 0.15) is 0 Å². The summed E-state index contributed by atoms with van der Waals surface area (Å²) in [7, 11) is -7.24. The molecule has 0 saturated heterocycles. The second-order valence-electron chi connectivity index (χ2n) is 6.63. The number of alkyl halides is 2. The van der Waals surface area contributed by atoms with Crippen LogP contribution in [0.5, 0.6) is 0 Å². The number of hydrogen-bond acceptors (Lipinski definition) is 4. The van der Waals surface area contributed by atoms with E-state index in [4.69, 9.17) is 25.1 Å². The summed E-state index contributed by atoms with van der Waals surface area (Å²) in [5.41, 5.74) is -5.94. The van der Waals surface area contributed by atoms with Crippen LogP contribution >= 0.6 is 19.2 Å². The molecule has 0 heterocycles. The van der Waals surface area contributed by atoms with Crippen molar-refractivity contribution in [1.82, 2.24) is 0 Å².